The lowest BCUT2D eigenvalue weighted by Gasteiger charge is -2.08. The molecule has 0 rings (SSSR count). The van der Waals surface area contributed by atoms with Gasteiger partial charge in [-0.05, 0) is 12.3 Å². The second-order valence-electron chi connectivity index (χ2n) is 2.72. The summed E-state index contributed by atoms with van der Waals surface area (Å²) in [6.45, 7) is 7.90. The van der Waals surface area contributed by atoms with Gasteiger partial charge in [-0.15, -0.1) is 6.58 Å². The number of nitriles is 1. The molecule has 0 aliphatic rings. The molecule has 0 heterocycles. The van der Waals surface area contributed by atoms with Crippen molar-refractivity contribution < 1.29 is 0 Å². The lowest BCUT2D eigenvalue weighted by molar-refractivity contribution is 0.482. The summed E-state index contributed by atoms with van der Waals surface area (Å²) >= 11 is 0. The molecule has 10 heavy (non-hydrogen) atoms. The monoisotopic (exact) mass is 137 g/mol. The van der Waals surface area contributed by atoms with E-state index in [4.69, 9.17) is 5.26 Å². The van der Waals surface area contributed by atoms with Crippen LogP contribution in [0.15, 0.2) is 12.7 Å². The Labute approximate surface area is 63.4 Å². The highest BCUT2D eigenvalue weighted by atomic mass is 14.3. The molecule has 0 aromatic heterocycles. The van der Waals surface area contributed by atoms with E-state index >= 15 is 0 Å². The van der Waals surface area contributed by atoms with Crippen LogP contribution in [-0.4, -0.2) is 0 Å². The normalized spacial score (nSPS) is 15.3. The number of nitrogens with zero attached hydrogens (tertiary/aromatic N) is 1. The summed E-state index contributed by atoms with van der Waals surface area (Å²) in [6.07, 6.45) is 3.83. The number of allylic oxidation sites excluding steroid dienone is 1. The van der Waals surface area contributed by atoms with E-state index in [1.165, 1.54) is 0 Å². The molecule has 0 amide bonds. The topological polar surface area (TPSA) is 23.8 Å². The van der Waals surface area contributed by atoms with Crippen molar-refractivity contribution in [3.8, 4) is 6.07 Å². The Morgan fingerprint density at radius 2 is 2.30 bits per heavy atom. The molecule has 56 valence electrons. The predicted octanol–water partition coefficient (Wildman–Crippen LogP) is 2.75. The SMILES string of the molecule is C=CC(C#N)CC(C)CC. The van der Waals surface area contributed by atoms with E-state index in [1.54, 1.807) is 6.08 Å². The van der Waals surface area contributed by atoms with Crippen LogP contribution < -0.4 is 0 Å². The third-order valence-corrected chi connectivity index (χ3v) is 1.80. The van der Waals surface area contributed by atoms with Gasteiger partial charge in [0.05, 0.1) is 12.0 Å². The predicted molar refractivity (Wildman–Crippen MR) is 43.4 cm³/mol. The molecule has 0 aromatic rings. The van der Waals surface area contributed by atoms with E-state index in [9.17, 15) is 0 Å². The first-order chi connectivity index (χ1) is 4.74. The van der Waals surface area contributed by atoms with Gasteiger partial charge in [0.1, 0.15) is 0 Å². The smallest absolute Gasteiger partial charge is 0.0697 e. The third kappa shape index (κ3) is 3.29. The van der Waals surface area contributed by atoms with Crippen LogP contribution in [0.4, 0.5) is 0 Å². The molecule has 0 N–H and O–H groups in total. The van der Waals surface area contributed by atoms with Crippen molar-refractivity contribution >= 4 is 0 Å². The second-order valence-corrected chi connectivity index (χ2v) is 2.72. The van der Waals surface area contributed by atoms with Crippen molar-refractivity contribution in [3.63, 3.8) is 0 Å². The number of rotatable bonds is 4. The molecule has 0 spiro atoms. The van der Waals surface area contributed by atoms with E-state index < -0.39 is 0 Å². The highest BCUT2D eigenvalue weighted by Crippen LogP contribution is 2.14. The van der Waals surface area contributed by atoms with Gasteiger partial charge in [-0.25, -0.2) is 0 Å². The molecule has 0 aliphatic heterocycles. The van der Waals surface area contributed by atoms with Crippen molar-refractivity contribution in [2.45, 2.75) is 26.7 Å². The fraction of sp³-hybridized carbons (Fsp3) is 0.667. The molecule has 2 atom stereocenters. The van der Waals surface area contributed by atoms with Gasteiger partial charge in [-0.1, -0.05) is 26.3 Å². The molecule has 0 radical (unpaired) electrons. The van der Waals surface area contributed by atoms with Crippen molar-refractivity contribution in [2.24, 2.45) is 11.8 Å². The summed E-state index contributed by atoms with van der Waals surface area (Å²) in [5.41, 5.74) is 0. The van der Waals surface area contributed by atoms with Crippen molar-refractivity contribution in [3.05, 3.63) is 12.7 Å². The molecule has 0 bridgehead atoms. The Hall–Kier alpha value is -0.770. The first-order valence-electron chi connectivity index (χ1n) is 3.76. The zero-order valence-electron chi connectivity index (χ0n) is 6.80. The van der Waals surface area contributed by atoms with Crippen LogP contribution in [0.1, 0.15) is 26.7 Å². The van der Waals surface area contributed by atoms with Crippen LogP contribution in [-0.2, 0) is 0 Å². The van der Waals surface area contributed by atoms with Gasteiger partial charge in [0.15, 0.2) is 0 Å². The van der Waals surface area contributed by atoms with Gasteiger partial charge in [0.25, 0.3) is 0 Å². The van der Waals surface area contributed by atoms with Gasteiger partial charge in [-0.2, -0.15) is 5.26 Å². The van der Waals surface area contributed by atoms with Crippen LogP contribution in [0, 0.1) is 23.2 Å². The van der Waals surface area contributed by atoms with Crippen molar-refractivity contribution in [1.29, 1.82) is 5.26 Å². The molecule has 0 aromatic carbocycles. The maximum atomic E-state index is 8.55. The lowest BCUT2D eigenvalue weighted by Crippen LogP contribution is -2.00. The second kappa shape index (κ2) is 5.05. The average Bonchev–Trinajstić information content (AvgIpc) is 1.99. The zero-order chi connectivity index (χ0) is 7.98. The van der Waals surface area contributed by atoms with Crippen LogP contribution in [0.3, 0.4) is 0 Å². The first-order valence-corrected chi connectivity index (χ1v) is 3.76. The summed E-state index contributed by atoms with van der Waals surface area (Å²) in [6, 6.07) is 2.20. The van der Waals surface area contributed by atoms with E-state index in [-0.39, 0.29) is 5.92 Å². The minimum absolute atomic E-state index is 0.0509. The van der Waals surface area contributed by atoms with E-state index in [1.807, 2.05) is 0 Å². The molecule has 0 aliphatic carbocycles. The highest BCUT2D eigenvalue weighted by Gasteiger charge is 2.06. The quantitative estimate of drug-likeness (QED) is 0.546. The Morgan fingerprint density at radius 1 is 1.70 bits per heavy atom. The van der Waals surface area contributed by atoms with Gasteiger partial charge in [0.2, 0.25) is 0 Å². The molecule has 0 fully saturated rings. The highest BCUT2D eigenvalue weighted by molar-refractivity contribution is 4.95. The van der Waals surface area contributed by atoms with Crippen molar-refractivity contribution in [1.82, 2.24) is 0 Å². The first kappa shape index (κ1) is 9.23. The van der Waals surface area contributed by atoms with E-state index in [0.717, 1.165) is 12.8 Å². The van der Waals surface area contributed by atoms with E-state index in [2.05, 4.69) is 26.5 Å². The average molecular weight is 137 g/mol. The maximum absolute atomic E-state index is 8.55. The van der Waals surface area contributed by atoms with Crippen LogP contribution in [0.5, 0.6) is 0 Å². The lowest BCUT2D eigenvalue weighted by atomic mass is 9.95. The molecular formula is C9H15N. The Kier molecular flexibility index (Phi) is 4.66. The Morgan fingerprint density at radius 3 is 2.60 bits per heavy atom. The van der Waals surface area contributed by atoms with Crippen molar-refractivity contribution in [2.75, 3.05) is 0 Å². The molecule has 0 saturated heterocycles. The van der Waals surface area contributed by atoms with Gasteiger partial charge in [0, 0.05) is 0 Å². The fourth-order valence-corrected chi connectivity index (χ4v) is 0.802. The third-order valence-electron chi connectivity index (χ3n) is 1.80. The summed E-state index contributed by atoms with van der Waals surface area (Å²) < 4.78 is 0. The standard InChI is InChI=1S/C9H15N/c1-4-8(3)6-9(5-2)7-10/h5,8-9H,2,4,6H2,1,3H3. The van der Waals surface area contributed by atoms with Gasteiger partial charge >= 0.3 is 0 Å². The Balaban J connectivity index is 3.65. The minimum atomic E-state index is 0.0509. The molecule has 0 saturated carbocycles. The summed E-state index contributed by atoms with van der Waals surface area (Å²) in [7, 11) is 0. The zero-order valence-corrected chi connectivity index (χ0v) is 6.80. The fourth-order valence-electron chi connectivity index (χ4n) is 0.802. The minimum Gasteiger partial charge on any atom is -0.198 e. The number of hydrogen-bond acceptors (Lipinski definition) is 1. The largest absolute Gasteiger partial charge is 0.198 e. The van der Waals surface area contributed by atoms with Crippen LogP contribution >= 0.6 is 0 Å². The van der Waals surface area contributed by atoms with Gasteiger partial charge < -0.3 is 0 Å². The Bertz CT molecular complexity index is 132. The summed E-state index contributed by atoms with van der Waals surface area (Å²) in [5.74, 6) is 0.692. The molecule has 2 unspecified atom stereocenters. The summed E-state index contributed by atoms with van der Waals surface area (Å²) in [4.78, 5) is 0. The molecule has 1 heteroatoms. The van der Waals surface area contributed by atoms with Crippen LogP contribution in [0.25, 0.3) is 0 Å². The maximum Gasteiger partial charge on any atom is 0.0697 e. The van der Waals surface area contributed by atoms with E-state index in [0.29, 0.717) is 5.92 Å². The number of hydrogen-bond donors (Lipinski definition) is 0. The van der Waals surface area contributed by atoms with Crippen LogP contribution in [0.2, 0.25) is 0 Å². The molecular weight excluding hydrogens is 122 g/mol. The molecule has 1 nitrogen and oxygen atoms in total. The van der Waals surface area contributed by atoms with Gasteiger partial charge in [-0.3, -0.25) is 0 Å². The summed E-state index contributed by atoms with van der Waals surface area (Å²) in [5, 5.41) is 8.55.